The zero-order valence-electron chi connectivity index (χ0n) is 52.5. The fourth-order valence-electron chi connectivity index (χ4n) is 10.3. The maximum absolute atomic E-state index is 12.9. The summed E-state index contributed by atoms with van der Waals surface area (Å²) >= 11 is 0. The highest BCUT2D eigenvalue weighted by molar-refractivity contribution is 5.71. The Bertz CT molecular complexity index is 1350. The normalized spacial score (nSPS) is 12.3. The molecule has 0 rings (SSSR count). The smallest absolute Gasteiger partial charge is 0.306 e. The molecule has 1 atom stereocenters. The molecule has 0 radical (unpaired) electrons. The number of hydrogen-bond donors (Lipinski definition) is 0. The summed E-state index contributed by atoms with van der Waals surface area (Å²) in [6.07, 6.45) is 84.6. The van der Waals surface area contributed by atoms with Gasteiger partial charge in [0.1, 0.15) is 13.2 Å². The van der Waals surface area contributed by atoms with Crippen LogP contribution in [0.5, 0.6) is 0 Å². The van der Waals surface area contributed by atoms with E-state index in [1.54, 1.807) is 0 Å². The third-order valence-electron chi connectivity index (χ3n) is 15.6. The summed E-state index contributed by atoms with van der Waals surface area (Å²) < 4.78 is 16.9. The summed E-state index contributed by atoms with van der Waals surface area (Å²) in [5.74, 6) is -0.863. The molecule has 0 aliphatic carbocycles. The first-order valence-electron chi connectivity index (χ1n) is 34.6. The van der Waals surface area contributed by atoms with Crippen molar-refractivity contribution in [3.05, 3.63) is 48.6 Å². The molecule has 0 fully saturated rings. The highest BCUT2D eigenvalue weighted by Crippen LogP contribution is 2.18. The maximum atomic E-state index is 12.9. The van der Waals surface area contributed by atoms with Crippen molar-refractivity contribution in [3.8, 4) is 0 Å². The summed E-state index contributed by atoms with van der Waals surface area (Å²) in [6, 6.07) is 0. The van der Waals surface area contributed by atoms with E-state index in [1.165, 1.54) is 257 Å². The molecule has 6 nitrogen and oxygen atoms in total. The largest absolute Gasteiger partial charge is 0.462 e. The molecule has 456 valence electrons. The van der Waals surface area contributed by atoms with Crippen LogP contribution >= 0.6 is 0 Å². The molecule has 0 N–H and O–H groups in total. The van der Waals surface area contributed by atoms with Crippen molar-refractivity contribution in [2.75, 3.05) is 13.2 Å². The second-order valence-corrected chi connectivity index (χ2v) is 23.4. The Kier molecular flexibility index (Phi) is 64.6. The standard InChI is InChI=1S/C72H132O6/c1-4-7-10-13-16-19-21-23-25-27-28-29-30-31-32-33-34-35-36-37-38-39-40-41-42-43-44-46-47-49-51-53-56-59-62-65-71(74)77-68-69(67-76-70(73)64-61-58-55-18-15-12-9-6-3)78-72(75)66-63-60-57-54-52-50-48-45-26-24-22-20-17-14-11-8-5-2/h17,20-21,23-24,26-28,69H,4-16,18-19,22,25,29-68H2,1-3H3/b20-17-,23-21-,26-24-,28-27-. The van der Waals surface area contributed by atoms with Gasteiger partial charge in [-0.25, -0.2) is 0 Å². The fraction of sp³-hybridized carbons (Fsp3) is 0.847. The van der Waals surface area contributed by atoms with E-state index >= 15 is 0 Å². The molecule has 0 heterocycles. The average Bonchev–Trinajstić information content (AvgIpc) is 3.44. The molecule has 0 saturated heterocycles. The molecule has 0 aromatic carbocycles. The van der Waals surface area contributed by atoms with Crippen LogP contribution in [0.2, 0.25) is 0 Å². The van der Waals surface area contributed by atoms with Crippen LogP contribution < -0.4 is 0 Å². The van der Waals surface area contributed by atoms with Crippen LogP contribution in [0.4, 0.5) is 0 Å². The van der Waals surface area contributed by atoms with Crippen molar-refractivity contribution in [3.63, 3.8) is 0 Å². The molecule has 0 aromatic rings. The maximum Gasteiger partial charge on any atom is 0.306 e. The lowest BCUT2D eigenvalue weighted by atomic mass is 10.0. The second kappa shape index (κ2) is 66.9. The molecule has 1 unspecified atom stereocenters. The minimum Gasteiger partial charge on any atom is -0.462 e. The number of allylic oxidation sites excluding steroid dienone is 8. The Morgan fingerprint density at radius 2 is 0.462 bits per heavy atom. The van der Waals surface area contributed by atoms with E-state index in [2.05, 4.69) is 69.4 Å². The number of carbonyl (C=O) groups is 3. The molecular formula is C72H132O6. The van der Waals surface area contributed by atoms with Crippen molar-refractivity contribution in [1.82, 2.24) is 0 Å². The highest BCUT2D eigenvalue weighted by atomic mass is 16.6. The number of ether oxygens (including phenoxy) is 3. The van der Waals surface area contributed by atoms with E-state index in [4.69, 9.17) is 14.2 Å². The van der Waals surface area contributed by atoms with Gasteiger partial charge in [0.2, 0.25) is 0 Å². The summed E-state index contributed by atoms with van der Waals surface area (Å²) in [6.45, 7) is 6.62. The van der Waals surface area contributed by atoms with Crippen LogP contribution in [0.15, 0.2) is 48.6 Å². The molecule has 0 amide bonds. The number of rotatable bonds is 64. The minimum atomic E-state index is -0.773. The molecule has 6 heteroatoms. The molecule has 0 aromatic heterocycles. The van der Waals surface area contributed by atoms with Crippen molar-refractivity contribution in [2.24, 2.45) is 0 Å². The Balaban J connectivity index is 3.97. The van der Waals surface area contributed by atoms with Gasteiger partial charge in [-0.05, 0) is 83.5 Å². The fourth-order valence-corrected chi connectivity index (χ4v) is 10.3. The Labute approximate surface area is 486 Å². The van der Waals surface area contributed by atoms with Crippen LogP contribution in [-0.4, -0.2) is 37.2 Å². The van der Waals surface area contributed by atoms with Gasteiger partial charge in [0.05, 0.1) is 0 Å². The van der Waals surface area contributed by atoms with Gasteiger partial charge in [-0.2, -0.15) is 0 Å². The topological polar surface area (TPSA) is 78.9 Å². The van der Waals surface area contributed by atoms with Gasteiger partial charge < -0.3 is 14.2 Å². The van der Waals surface area contributed by atoms with Crippen LogP contribution in [0.3, 0.4) is 0 Å². The zero-order chi connectivity index (χ0) is 56.4. The Morgan fingerprint density at radius 3 is 0.731 bits per heavy atom. The molecule has 0 aliphatic rings. The summed E-state index contributed by atoms with van der Waals surface area (Å²) in [5, 5.41) is 0. The van der Waals surface area contributed by atoms with Gasteiger partial charge in [0.25, 0.3) is 0 Å². The minimum absolute atomic E-state index is 0.0713. The monoisotopic (exact) mass is 1090 g/mol. The van der Waals surface area contributed by atoms with Crippen molar-refractivity contribution >= 4 is 17.9 Å². The van der Waals surface area contributed by atoms with Crippen molar-refractivity contribution in [1.29, 1.82) is 0 Å². The molecule has 78 heavy (non-hydrogen) atoms. The van der Waals surface area contributed by atoms with E-state index in [-0.39, 0.29) is 31.1 Å². The van der Waals surface area contributed by atoms with Gasteiger partial charge in [0, 0.05) is 19.3 Å². The van der Waals surface area contributed by atoms with Crippen LogP contribution in [0.1, 0.15) is 374 Å². The number of carbonyl (C=O) groups excluding carboxylic acids is 3. The summed E-state index contributed by atoms with van der Waals surface area (Å²) in [4.78, 5) is 38.1. The predicted octanol–water partition coefficient (Wildman–Crippen LogP) is 23.7. The van der Waals surface area contributed by atoms with E-state index in [0.29, 0.717) is 19.3 Å². The number of unbranched alkanes of at least 4 members (excludes halogenated alkanes) is 45. The van der Waals surface area contributed by atoms with Crippen molar-refractivity contribution in [2.45, 2.75) is 380 Å². The average molecular weight is 1090 g/mol. The van der Waals surface area contributed by atoms with E-state index in [9.17, 15) is 14.4 Å². The molecular weight excluding hydrogens is 961 g/mol. The quantitative estimate of drug-likeness (QED) is 0.0261. The second-order valence-electron chi connectivity index (χ2n) is 23.4. The predicted molar refractivity (Wildman–Crippen MR) is 339 cm³/mol. The lowest BCUT2D eigenvalue weighted by molar-refractivity contribution is -0.167. The molecule has 0 bridgehead atoms. The van der Waals surface area contributed by atoms with E-state index < -0.39 is 6.10 Å². The summed E-state index contributed by atoms with van der Waals surface area (Å²) in [5.41, 5.74) is 0. The first kappa shape index (κ1) is 75.4. The highest BCUT2D eigenvalue weighted by Gasteiger charge is 2.19. The van der Waals surface area contributed by atoms with Gasteiger partial charge in [0.15, 0.2) is 6.10 Å². The zero-order valence-corrected chi connectivity index (χ0v) is 52.5. The van der Waals surface area contributed by atoms with Crippen molar-refractivity contribution < 1.29 is 28.6 Å². The molecule has 0 spiro atoms. The first-order chi connectivity index (χ1) is 38.5. The number of hydrogen-bond acceptors (Lipinski definition) is 6. The molecule has 0 aliphatic heterocycles. The van der Waals surface area contributed by atoms with Crippen LogP contribution in [0.25, 0.3) is 0 Å². The Hall–Kier alpha value is -2.63. The Morgan fingerprint density at radius 1 is 0.256 bits per heavy atom. The van der Waals surface area contributed by atoms with Gasteiger partial charge >= 0.3 is 17.9 Å². The van der Waals surface area contributed by atoms with Gasteiger partial charge in [-0.3, -0.25) is 14.4 Å². The molecule has 0 saturated carbocycles. The SMILES string of the molecule is CCCCC/C=C\C/C=C\CCCCCCCCCC(=O)OC(COC(=O)CCCCCCCCCC)COC(=O)CCCCCCCCCCCCCCCCCCCCCCCCC/C=C\C/C=C\CCCCCCC. The third-order valence-corrected chi connectivity index (χ3v) is 15.6. The number of esters is 3. The third kappa shape index (κ3) is 64.2. The van der Waals surface area contributed by atoms with E-state index in [1.807, 2.05) is 0 Å². The summed E-state index contributed by atoms with van der Waals surface area (Å²) in [7, 11) is 0. The van der Waals surface area contributed by atoms with Gasteiger partial charge in [-0.15, -0.1) is 0 Å². The lowest BCUT2D eigenvalue weighted by Crippen LogP contribution is -2.30. The van der Waals surface area contributed by atoms with Crippen LogP contribution in [-0.2, 0) is 28.6 Å². The van der Waals surface area contributed by atoms with Gasteiger partial charge in [-0.1, -0.05) is 320 Å². The lowest BCUT2D eigenvalue weighted by Gasteiger charge is -2.18. The van der Waals surface area contributed by atoms with Crippen LogP contribution in [0, 0.1) is 0 Å². The first-order valence-corrected chi connectivity index (χ1v) is 34.6. The van der Waals surface area contributed by atoms with E-state index in [0.717, 1.165) is 77.0 Å².